The van der Waals surface area contributed by atoms with Gasteiger partial charge in [-0.1, -0.05) is 30.3 Å². The number of urea groups is 1. The molecule has 2 heterocycles. The summed E-state index contributed by atoms with van der Waals surface area (Å²) in [5.74, 6) is 0.0389. The van der Waals surface area contributed by atoms with Gasteiger partial charge in [-0.2, -0.15) is 0 Å². The fraction of sp³-hybridized carbons (Fsp3) is 0.364. The number of anilines is 1. The molecule has 0 aliphatic carbocycles. The first kappa shape index (κ1) is 18.5. The van der Waals surface area contributed by atoms with E-state index < -0.39 is 0 Å². The number of benzene rings is 2. The van der Waals surface area contributed by atoms with Crippen molar-refractivity contribution >= 4 is 17.6 Å². The summed E-state index contributed by atoms with van der Waals surface area (Å²) < 4.78 is 0. The highest BCUT2D eigenvalue weighted by atomic mass is 16.2. The van der Waals surface area contributed by atoms with Gasteiger partial charge in [-0.15, -0.1) is 0 Å². The lowest BCUT2D eigenvalue weighted by Gasteiger charge is -2.35. The molecule has 0 saturated carbocycles. The Kier molecular flexibility index (Phi) is 5.30. The summed E-state index contributed by atoms with van der Waals surface area (Å²) >= 11 is 0. The van der Waals surface area contributed by atoms with Crippen molar-refractivity contribution in [1.82, 2.24) is 15.1 Å². The predicted octanol–water partition coefficient (Wildman–Crippen LogP) is 2.48. The van der Waals surface area contributed by atoms with E-state index in [1.54, 1.807) is 4.90 Å². The van der Waals surface area contributed by atoms with E-state index in [1.807, 2.05) is 29.2 Å². The van der Waals surface area contributed by atoms with Crippen LogP contribution >= 0.6 is 0 Å². The number of carbonyl (C=O) groups excluding carboxylic acids is 2. The first-order valence-electron chi connectivity index (χ1n) is 9.83. The molecule has 28 heavy (non-hydrogen) atoms. The summed E-state index contributed by atoms with van der Waals surface area (Å²) in [4.78, 5) is 30.8. The highest BCUT2D eigenvalue weighted by molar-refractivity contribution is 5.98. The Bertz CT molecular complexity index is 874. The summed E-state index contributed by atoms with van der Waals surface area (Å²) in [6, 6.07) is 15.7. The number of nitrogens with zero attached hydrogens (tertiary/aromatic N) is 3. The van der Waals surface area contributed by atoms with Crippen LogP contribution in [-0.4, -0.2) is 61.0 Å². The number of nitrogens with one attached hydrogen (secondary N) is 1. The van der Waals surface area contributed by atoms with Gasteiger partial charge < -0.3 is 10.2 Å². The maximum atomic E-state index is 13.0. The Morgan fingerprint density at radius 3 is 2.50 bits per heavy atom. The van der Waals surface area contributed by atoms with Gasteiger partial charge in [0.15, 0.2) is 0 Å². The van der Waals surface area contributed by atoms with Crippen molar-refractivity contribution in [3.05, 3.63) is 65.2 Å². The summed E-state index contributed by atoms with van der Waals surface area (Å²) in [7, 11) is 0. The second-order valence-corrected chi connectivity index (χ2v) is 7.43. The Balaban J connectivity index is 1.38. The number of aryl methyl sites for hydroxylation is 1. The van der Waals surface area contributed by atoms with Gasteiger partial charge in [0.05, 0.1) is 0 Å². The Hall–Kier alpha value is -2.86. The number of hydrogen-bond donors (Lipinski definition) is 1. The zero-order valence-electron chi connectivity index (χ0n) is 16.2. The molecule has 2 aromatic rings. The summed E-state index contributed by atoms with van der Waals surface area (Å²) in [6.07, 6.45) is 0. The number of rotatable bonds is 4. The van der Waals surface area contributed by atoms with Gasteiger partial charge in [0.2, 0.25) is 0 Å². The largest absolute Gasteiger partial charge is 0.336 e. The summed E-state index contributed by atoms with van der Waals surface area (Å²) in [6.45, 7) is 7.52. The lowest BCUT2D eigenvalue weighted by Crippen LogP contribution is -2.48. The molecule has 0 radical (unpaired) electrons. The average molecular weight is 378 g/mol. The average Bonchev–Trinajstić information content (AvgIpc) is 3.16. The third-order valence-electron chi connectivity index (χ3n) is 5.58. The number of amides is 3. The third kappa shape index (κ3) is 3.87. The van der Waals surface area contributed by atoms with Crippen LogP contribution in [0.2, 0.25) is 0 Å². The molecule has 0 spiro atoms. The van der Waals surface area contributed by atoms with E-state index in [-0.39, 0.29) is 11.9 Å². The molecule has 1 N–H and O–H groups in total. The van der Waals surface area contributed by atoms with Gasteiger partial charge >= 0.3 is 6.03 Å². The monoisotopic (exact) mass is 378 g/mol. The minimum atomic E-state index is -0.102. The minimum absolute atomic E-state index is 0.0389. The molecule has 0 unspecified atom stereocenters. The van der Waals surface area contributed by atoms with E-state index in [0.717, 1.165) is 38.4 Å². The Morgan fingerprint density at radius 2 is 1.79 bits per heavy atom. The van der Waals surface area contributed by atoms with Crippen LogP contribution in [0.4, 0.5) is 10.5 Å². The van der Waals surface area contributed by atoms with E-state index in [4.69, 9.17) is 0 Å². The van der Waals surface area contributed by atoms with Crippen molar-refractivity contribution in [3.63, 3.8) is 0 Å². The van der Waals surface area contributed by atoms with Crippen molar-refractivity contribution in [2.75, 3.05) is 44.2 Å². The Labute approximate surface area is 165 Å². The molecule has 0 aromatic heterocycles. The third-order valence-corrected chi connectivity index (χ3v) is 5.58. The van der Waals surface area contributed by atoms with Crippen molar-refractivity contribution < 1.29 is 9.59 Å². The second kappa shape index (κ2) is 8.02. The van der Waals surface area contributed by atoms with Crippen LogP contribution < -0.4 is 10.2 Å². The maximum absolute atomic E-state index is 13.0. The van der Waals surface area contributed by atoms with Crippen LogP contribution in [0.25, 0.3) is 0 Å². The van der Waals surface area contributed by atoms with Gasteiger partial charge in [-0.3, -0.25) is 14.6 Å². The Morgan fingerprint density at radius 1 is 1.00 bits per heavy atom. The highest BCUT2D eigenvalue weighted by Crippen LogP contribution is 2.20. The smallest absolute Gasteiger partial charge is 0.321 e. The van der Waals surface area contributed by atoms with E-state index in [9.17, 15) is 9.59 Å². The maximum Gasteiger partial charge on any atom is 0.321 e. The van der Waals surface area contributed by atoms with Crippen LogP contribution in [0.5, 0.6) is 0 Å². The molecule has 6 heteroatoms. The second-order valence-electron chi connectivity index (χ2n) is 7.43. The van der Waals surface area contributed by atoms with E-state index in [0.29, 0.717) is 18.7 Å². The fourth-order valence-electron chi connectivity index (χ4n) is 3.84. The molecule has 146 valence electrons. The predicted molar refractivity (Wildman–Crippen MR) is 110 cm³/mol. The van der Waals surface area contributed by atoms with Crippen LogP contribution in [0, 0.1) is 6.92 Å². The van der Waals surface area contributed by atoms with Crippen LogP contribution in [-0.2, 0) is 6.54 Å². The van der Waals surface area contributed by atoms with Gasteiger partial charge in [-0.25, -0.2) is 4.79 Å². The van der Waals surface area contributed by atoms with Gasteiger partial charge in [-0.05, 0) is 36.2 Å². The molecule has 4 rings (SSSR count). The van der Waals surface area contributed by atoms with Crippen LogP contribution in [0.3, 0.4) is 0 Å². The topological polar surface area (TPSA) is 55.9 Å². The zero-order valence-corrected chi connectivity index (χ0v) is 16.2. The molecule has 2 fully saturated rings. The first-order chi connectivity index (χ1) is 13.6. The normalized spacial score (nSPS) is 17.7. The molecule has 2 saturated heterocycles. The SMILES string of the molecule is Cc1ccccc1CN1CCN(C(=O)c2cccc(N3CCNC3=O)c2)CC1. The van der Waals surface area contributed by atoms with Gasteiger partial charge in [0.1, 0.15) is 0 Å². The van der Waals surface area contributed by atoms with Crippen molar-refractivity contribution in [2.24, 2.45) is 0 Å². The van der Waals surface area contributed by atoms with Gasteiger partial charge in [0, 0.05) is 57.1 Å². The molecule has 2 aliphatic rings. The van der Waals surface area contributed by atoms with Crippen molar-refractivity contribution in [1.29, 1.82) is 0 Å². The molecule has 6 nitrogen and oxygen atoms in total. The highest BCUT2D eigenvalue weighted by Gasteiger charge is 2.25. The summed E-state index contributed by atoms with van der Waals surface area (Å²) in [5.41, 5.74) is 4.08. The lowest BCUT2D eigenvalue weighted by molar-refractivity contribution is 0.0628. The molecule has 0 atom stereocenters. The number of carbonyl (C=O) groups is 2. The quantitative estimate of drug-likeness (QED) is 0.889. The molecular formula is C22H26N4O2. The standard InChI is InChI=1S/C22H26N4O2/c1-17-5-2-3-6-19(17)16-24-11-13-25(14-12-24)21(27)18-7-4-8-20(15-18)26-10-9-23-22(26)28/h2-8,15H,9-14,16H2,1H3,(H,23,28). The molecule has 3 amide bonds. The van der Waals surface area contributed by atoms with E-state index >= 15 is 0 Å². The lowest BCUT2D eigenvalue weighted by atomic mass is 10.1. The first-order valence-corrected chi connectivity index (χ1v) is 9.83. The van der Waals surface area contributed by atoms with Crippen LogP contribution in [0.15, 0.2) is 48.5 Å². The fourth-order valence-corrected chi connectivity index (χ4v) is 3.84. The van der Waals surface area contributed by atoms with E-state index in [1.165, 1.54) is 11.1 Å². The zero-order chi connectivity index (χ0) is 19.5. The molecule has 2 aliphatic heterocycles. The van der Waals surface area contributed by atoms with E-state index in [2.05, 4.69) is 41.4 Å². The number of piperazine rings is 1. The minimum Gasteiger partial charge on any atom is -0.336 e. The van der Waals surface area contributed by atoms with Crippen LogP contribution in [0.1, 0.15) is 21.5 Å². The molecule has 0 bridgehead atoms. The number of hydrogen-bond acceptors (Lipinski definition) is 3. The van der Waals surface area contributed by atoms with Crippen molar-refractivity contribution in [2.45, 2.75) is 13.5 Å². The van der Waals surface area contributed by atoms with Gasteiger partial charge in [0.25, 0.3) is 5.91 Å². The summed E-state index contributed by atoms with van der Waals surface area (Å²) in [5, 5.41) is 2.79. The van der Waals surface area contributed by atoms with Crippen molar-refractivity contribution in [3.8, 4) is 0 Å². The molecular weight excluding hydrogens is 352 g/mol. The molecule has 2 aromatic carbocycles.